The lowest BCUT2D eigenvalue weighted by atomic mass is 9.73. The number of nitrogens with zero attached hydrogens (tertiary/aromatic N) is 4. The number of aromatic nitrogens is 2. The molecule has 0 bridgehead atoms. The number of carbonyl (C=O) groups is 1. The van der Waals surface area contributed by atoms with Crippen LogP contribution in [0.25, 0.3) is 0 Å². The summed E-state index contributed by atoms with van der Waals surface area (Å²) in [4.78, 5) is 17.3. The Kier molecular flexibility index (Phi) is 4.77. The van der Waals surface area contributed by atoms with Crippen molar-refractivity contribution in [3.8, 4) is 0 Å². The molecule has 0 aliphatic carbocycles. The lowest BCUT2D eigenvalue weighted by Gasteiger charge is -2.38. The second-order valence-electron chi connectivity index (χ2n) is 7.22. The Hall–Kier alpha value is -1.83. The normalized spacial score (nSPS) is 19.3. The van der Waals surface area contributed by atoms with Crippen molar-refractivity contribution in [3.05, 3.63) is 47.8 Å². The van der Waals surface area contributed by atoms with Crippen LogP contribution in [0.4, 0.5) is 5.69 Å². The number of fused-ring (bicyclic) bond motifs is 2. The molecule has 7 heteroatoms. The van der Waals surface area contributed by atoms with Crippen molar-refractivity contribution in [2.45, 2.75) is 31.3 Å². The smallest absolute Gasteiger partial charge is 0.237 e. The van der Waals surface area contributed by atoms with Gasteiger partial charge in [0.05, 0.1) is 18.2 Å². The summed E-state index contributed by atoms with van der Waals surface area (Å²) in [5.41, 5.74) is 3.17. The summed E-state index contributed by atoms with van der Waals surface area (Å²) in [6.45, 7) is 3.58. The monoisotopic (exact) mass is 371 g/mol. The van der Waals surface area contributed by atoms with Crippen molar-refractivity contribution in [1.82, 2.24) is 14.7 Å². The molecule has 1 saturated heterocycles. The predicted molar refractivity (Wildman–Crippen MR) is 105 cm³/mol. The molecule has 4 rings (SSSR count). The van der Waals surface area contributed by atoms with E-state index in [2.05, 4.69) is 28.3 Å². The first-order chi connectivity index (χ1) is 12.6. The number of rotatable bonds is 5. The quantitative estimate of drug-likeness (QED) is 0.815. The average molecular weight is 372 g/mol. The third-order valence-corrected chi connectivity index (χ3v) is 6.15. The SMILES string of the molecule is CN1C(=O)C2(CCN(Cc3cnn(CCSN)c3)CC2)c2ccccc21. The van der Waals surface area contributed by atoms with Crippen LogP contribution in [0.1, 0.15) is 24.0 Å². The number of hydrogen-bond donors (Lipinski definition) is 1. The van der Waals surface area contributed by atoms with Crippen LogP contribution in [0.2, 0.25) is 0 Å². The number of aryl methyl sites for hydroxylation is 1. The first kappa shape index (κ1) is 17.6. The molecule has 2 aliphatic rings. The molecule has 26 heavy (non-hydrogen) atoms. The van der Waals surface area contributed by atoms with Crippen molar-refractivity contribution < 1.29 is 4.79 Å². The number of amides is 1. The molecule has 0 radical (unpaired) electrons. The lowest BCUT2D eigenvalue weighted by molar-refractivity contribution is -0.124. The maximum atomic E-state index is 13.0. The van der Waals surface area contributed by atoms with Crippen LogP contribution in [-0.2, 0) is 23.3 Å². The van der Waals surface area contributed by atoms with E-state index in [4.69, 9.17) is 5.14 Å². The van der Waals surface area contributed by atoms with Crippen LogP contribution in [-0.4, -0.2) is 46.5 Å². The van der Waals surface area contributed by atoms with Gasteiger partial charge in [-0.2, -0.15) is 5.10 Å². The Morgan fingerprint density at radius 2 is 2.04 bits per heavy atom. The minimum atomic E-state index is -0.329. The fourth-order valence-electron chi connectivity index (χ4n) is 4.31. The van der Waals surface area contributed by atoms with Gasteiger partial charge in [0.1, 0.15) is 0 Å². The van der Waals surface area contributed by atoms with Gasteiger partial charge >= 0.3 is 0 Å². The molecule has 1 amide bonds. The van der Waals surface area contributed by atoms with E-state index >= 15 is 0 Å². The molecule has 6 nitrogen and oxygen atoms in total. The highest BCUT2D eigenvalue weighted by molar-refractivity contribution is 7.97. The van der Waals surface area contributed by atoms with Crippen molar-refractivity contribution in [2.75, 3.05) is 30.8 Å². The number of benzene rings is 1. The topological polar surface area (TPSA) is 67.4 Å². The second kappa shape index (κ2) is 7.06. The molecule has 1 aromatic carbocycles. The number of hydrogen-bond acceptors (Lipinski definition) is 5. The summed E-state index contributed by atoms with van der Waals surface area (Å²) in [7, 11) is 1.90. The summed E-state index contributed by atoms with van der Waals surface area (Å²) in [5, 5.41) is 9.88. The van der Waals surface area contributed by atoms with Crippen LogP contribution in [0, 0.1) is 0 Å². The molecule has 0 atom stereocenters. The Bertz CT molecular complexity index is 797. The van der Waals surface area contributed by atoms with E-state index in [0.29, 0.717) is 0 Å². The van der Waals surface area contributed by atoms with Crippen LogP contribution in [0.5, 0.6) is 0 Å². The van der Waals surface area contributed by atoms with E-state index < -0.39 is 0 Å². The Morgan fingerprint density at radius 1 is 1.27 bits per heavy atom. The zero-order valence-electron chi connectivity index (χ0n) is 15.1. The summed E-state index contributed by atoms with van der Waals surface area (Å²) >= 11 is 1.34. The largest absolute Gasteiger partial charge is 0.314 e. The van der Waals surface area contributed by atoms with E-state index in [0.717, 1.165) is 50.5 Å². The number of carbonyl (C=O) groups excluding carboxylic acids is 1. The van der Waals surface area contributed by atoms with Crippen LogP contribution in [0.15, 0.2) is 36.7 Å². The van der Waals surface area contributed by atoms with E-state index in [1.54, 1.807) is 0 Å². The van der Waals surface area contributed by atoms with E-state index in [1.807, 2.05) is 35.0 Å². The molecule has 3 heterocycles. The summed E-state index contributed by atoms with van der Waals surface area (Å²) in [6.07, 6.45) is 5.80. The Labute approximate surface area is 158 Å². The first-order valence-electron chi connectivity index (χ1n) is 9.07. The fourth-order valence-corrected chi connectivity index (χ4v) is 4.60. The van der Waals surface area contributed by atoms with E-state index in [1.165, 1.54) is 23.1 Å². The van der Waals surface area contributed by atoms with Gasteiger partial charge in [-0.25, -0.2) is 0 Å². The predicted octanol–water partition coefficient (Wildman–Crippen LogP) is 2.00. The van der Waals surface area contributed by atoms with Gasteiger partial charge in [-0.15, -0.1) is 0 Å². The van der Waals surface area contributed by atoms with Gasteiger partial charge in [-0.05, 0) is 37.6 Å². The van der Waals surface area contributed by atoms with Gasteiger partial charge in [0.15, 0.2) is 0 Å². The number of anilines is 1. The van der Waals surface area contributed by atoms with Gasteiger partial charge in [0.2, 0.25) is 5.91 Å². The highest BCUT2D eigenvalue weighted by atomic mass is 32.2. The molecule has 138 valence electrons. The summed E-state index contributed by atoms with van der Waals surface area (Å²) in [6, 6.07) is 8.25. The first-order valence-corrected chi connectivity index (χ1v) is 10.1. The van der Waals surface area contributed by atoms with Gasteiger partial charge in [0, 0.05) is 36.8 Å². The third-order valence-electron chi connectivity index (χ3n) is 5.74. The molecule has 2 aromatic rings. The highest BCUT2D eigenvalue weighted by Crippen LogP contribution is 2.47. The zero-order chi connectivity index (χ0) is 18.1. The zero-order valence-corrected chi connectivity index (χ0v) is 15.9. The van der Waals surface area contributed by atoms with Crippen molar-refractivity contribution in [2.24, 2.45) is 5.14 Å². The number of likely N-dealkylation sites (tertiary alicyclic amines) is 1. The summed E-state index contributed by atoms with van der Waals surface area (Å²) in [5.74, 6) is 1.12. The van der Waals surface area contributed by atoms with Crippen LogP contribution in [0.3, 0.4) is 0 Å². The average Bonchev–Trinajstić information content (AvgIpc) is 3.20. The second-order valence-corrected chi connectivity index (χ2v) is 7.96. The fraction of sp³-hybridized carbons (Fsp3) is 0.474. The molecule has 0 unspecified atom stereocenters. The standard InChI is InChI=1S/C19H25N5OS/c1-22-17-5-3-2-4-16(17)19(18(22)25)6-8-23(9-7-19)13-15-12-21-24(14-15)10-11-26-20/h2-5,12,14H,6-11,13,20H2,1H3. The van der Waals surface area contributed by atoms with Gasteiger partial charge < -0.3 is 4.90 Å². The van der Waals surface area contributed by atoms with Crippen molar-refractivity contribution >= 4 is 23.5 Å². The molecule has 1 fully saturated rings. The number of nitrogens with two attached hydrogens (primary N) is 1. The Balaban J connectivity index is 1.43. The van der Waals surface area contributed by atoms with Gasteiger partial charge in [-0.1, -0.05) is 30.1 Å². The molecule has 1 aromatic heterocycles. The summed E-state index contributed by atoms with van der Waals surface area (Å²) < 4.78 is 1.95. The van der Waals surface area contributed by atoms with Crippen LogP contribution >= 0.6 is 11.9 Å². The Morgan fingerprint density at radius 3 is 2.81 bits per heavy atom. The van der Waals surface area contributed by atoms with Gasteiger partial charge in [0.25, 0.3) is 0 Å². The number of para-hydroxylation sites is 1. The maximum absolute atomic E-state index is 13.0. The van der Waals surface area contributed by atoms with Crippen molar-refractivity contribution in [1.29, 1.82) is 0 Å². The minimum absolute atomic E-state index is 0.255. The molecular formula is C19H25N5OS. The number of likely N-dealkylation sites (N-methyl/N-ethyl adjacent to an activating group) is 1. The third kappa shape index (κ3) is 2.94. The highest BCUT2D eigenvalue weighted by Gasteiger charge is 2.50. The molecular weight excluding hydrogens is 346 g/mol. The molecule has 0 saturated carbocycles. The van der Waals surface area contributed by atoms with Crippen molar-refractivity contribution in [3.63, 3.8) is 0 Å². The minimum Gasteiger partial charge on any atom is -0.314 e. The molecule has 2 N–H and O–H groups in total. The number of piperidine rings is 1. The van der Waals surface area contributed by atoms with E-state index in [9.17, 15) is 4.79 Å². The van der Waals surface area contributed by atoms with Gasteiger partial charge in [-0.3, -0.25) is 19.5 Å². The van der Waals surface area contributed by atoms with E-state index in [-0.39, 0.29) is 11.3 Å². The lowest BCUT2D eigenvalue weighted by Crippen LogP contribution is -2.47. The maximum Gasteiger partial charge on any atom is 0.237 e. The van der Waals surface area contributed by atoms with Crippen LogP contribution < -0.4 is 10.0 Å². The molecule has 2 aliphatic heterocycles. The molecule has 1 spiro atoms.